The smallest absolute Gasteiger partial charge is 0.263 e. The van der Waals surface area contributed by atoms with Gasteiger partial charge in [-0.1, -0.05) is 22.9 Å². The van der Waals surface area contributed by atoms with E-state index in [2.05, 4.69) is 4.90 Å². The number of aromatic nitrogens is 1. The predicted molar refractivity (Wildman–Crippen MR) is 116 cm³/mol. The van der Waals surface area contributed by atoms with Crippen LogP contribution in [-0.2, 0) is 4.74 Å². The molecule has 0 radical (unpaired) electrons. The zero-order valence-electron chi connectivity index (χ0n) is 16.8. The summed E-state index contributed by atoms with van der Waals surface area (Å²) in [6, 6.07) is 5.64. The van der Waals surface area contributed by atoms with Gasteiger partial charge in [0, 0.05) is 31.2 Å². The number of ether oxygens (including phenoxy) is 1. The molecular weight excluding hydrogens is 410 g/mol. The first-order valence-corrected chi connectivity index (χ1v) is 10.9. The van der Waals surface area contributed by atoms with Crippen molar-refractivity contribution in [2.75, 3.05) is 44.3 Å². The van der Waals surface area contributed by atoms with Gasteiger partial charge in [-0.05, 0) is 44.5 Å². The van der Waals surface area contributed by atoms with Crippen LogP contribution in [0.5, 0.6) is 0 Å². The highest BCUT2D eigenvalue weighted by Gasteiger charge is 2.26. The maximum Gasteiger partial charge on any atom is 0.263 e. The van der Waals surface area contributed by atoms with E-state index in [0.29, 0.717) is 28.0 Å². The molecule has 0 unspecified atom stereocenters. The Bertz CT molecular complexity index is 1040. The second kappa shape index (κ2) is 8.44. The Morgan fingerprint density at radius 2 is 2.03 bits per heavy atom. The molecule has 0 saturated carbocycles. The molecule has 8 heteroatoms. The standard InChI is InChI=1S/C21H24ClN3O3S/c1-13-12-16(15(3)28-13)20(26)25(7-6-24-8-10-27-11-9-24)21-23-19-14(2)17(22)4-5-18(19)29-21/h4-5,12H,6-11H2,1-3H3. The minimum atomic E-state index is -0.0876. The molecule has 0 aliphatic carbocycles. The van der Waals surface area contributed by atoms with Crippen LogP contribution in [0.2, 0.25) is 5.02 Å². The van der Waals surface area contributed by atoms with Crippen molar-refractivity contribution < 1.29 is 13.9 Å². The molecule has 0 N–H and O–H groups in total. The van der Waals surface area contributed by atoms with E-state index in [1.807, 2.05) is 32.9 Å². The first kappa shape index (κ1) is 20.3. The molecule has 2 aromatic heterocycles. The lowest BCUT2D eigenvalue weighted by molar-refractivity contribution is 0.0391. The summed E-state index contributed by atoms with van der Waals surface area (Å²) in [5.41, 5.74) is 2.36. The molecule has 1 aliphatic rings. The molecule has 1 saturated heterocycles. The van der Waals surface area contributed by atoms with Gasteiger partial charge in [-0.2, -0.15) is 0 Å². The molecule has 3 heterocycles. The zero-order chi connectivity index (χ0) is 20.5. The van der Waals surface area contributed by atoms with Crippen molar-refractivity contribution in [1.29, 1.82) is 0 Å². The summed E-state index contributed by atoms with van der Waals surface area (Å²) in [7, 11) is 0. The van der Waals surface area contributed by atoms with Gasteiger partial charge in [0.25, 0.3) is 5.91 Å². The van der Waals surface area contributed by atoms with Crippen LogP contribution in [-0.4, -0.2) is 55.2 Å². The normalized spacial score (nSPS) is 15.2. The molecule has 1 aliphatic heterocycles. The molecule has 3 aromatic rings. The fourth-order valence-corrected chi connectivity index (χ4v) is 4.75. The third-order valence-corrected chi connectivity index (χ3v) is 6.68. The average Bonchev–Trinajstić information content (AvgIpc) is 3.29. The van der Waals surface area contributed by atoms with Crippen molar-refractivity contribution in [3.8, 4) is 0 Å². The molecule has 6 nitrogen and oxygen atoms in total. The lowest BCUT2D eigenvalue weighted by Gasteiger charge is -2.29. The summed E-state index contributed by atoms with van der Waals surface area (Å²) in [4.78, 5) is 22.3. The fourth-order valence-electron chi connectivity index (χ4n) is 3.54. The first-order valence-electron chi connectivity index (χ1n) is 9.68. The number of halogens is 1. The Kier molecular flexibility index (Phi) is 5.92. The van der Waals surface area contributed by atoms with Gasteiger partial charge in [-0.25, -0.2) is 4.98 Å². The lowest BCUT2D eigenvalue weighted by Crippen LogP contribution is -2.43. The number of morpholine rings is 1. The van der Waals surface area contributed by atoms with Crippen molar-refractivity contribution in [3.63, 3.8) is 0 Å². The van der Waals surface area contributed by atoms with E-state index in [9.17, 15) is 4.79 Å². The monoisotopic (exact) mass is 433 g/mol. The highest BCUT2D eigenvalue weighted by Crippen LogP contribution is 2.34. The van der Waals surface area contributed by atoms with Gasteiger partial charge in [0.2, 0.25) is 0 Å². The van der Waals surface area contributed by atoms with Crippen molar-refractivity contribution in [3.05, 3.63) is 45.9 Å². The predicted octanol–water partition coefficient (Wildman–Crippen LogP) is 4.45. The summed E-state index contributed by atoms with van der Waals surface area (Å²) < 4.78 is 12.1. The molecule has 1 amide bonds. The van der Waals surface area contributed by atoms with Gasteiger partial charge < -0.3 is 9.15 Å². The van der Waals surface area contributed by atoms with Crippen molar-refractivity contribution in [2.24, 2.45) is 0 Å². The molecule has 154 valence electrons. The van der Waals surface area contributed by atoms with E-state index < -0.39 is 0 Å². The third-order valence-electron chi connectivity index (χ3n) is 5.23. The number of carbonyl (C=O) groups is 1. The Morgan fingerprint density at radius 3 is 2.72 bits per heavy atom. The van der Waals surface area contributed by atoms with Crippen LogP contribution in [0.1, 0.15) is 27.4 Å². The van der Waals surface area contributed by atoms with Gasteiger partial charge >= 0.3 is 0 Å². The largest absolute Gasteiger partial charge is 0.466 e. The van der Waals surface area contributed by atoms with E-state index in [1.54, 1.807) is 11.0 Å². The quantitative estimate of drug-likeness (QED) is 0.595. The molecule has 1 fully saturated rings. The van der Waals surface area contributed by atoms with E-state index in [-0.39, 0.29) is 5.91 Å². The van der Waals surface area contributed by atoms with Crippen molar-refractivity contribution in [1.82, 2.24) is 9.88 Å². The Labute approximate surface area is 179 Å². The number of carbonyl (C=O) groups excluding carboxylic acids is 1. The van der Waals surface area contributed by atoms with Crippen LogP contribution in [0.3, 0.4) is 0 Å². The maximum absolute atomic E-state index is 13.4. The lowest BCUT2D eigenvalue weighted by atomic mass is 10.2. The SMILES string of the molecule is Cc1cc(C(=O)N(CCN2CCOCC2)c2nc3c(C)c(Cl)ccc3s2)c(C)o1. The number of nitrogens with zero attached hydrogens (tertiary/aromatic N) is 3. The van der Waals surface area contributed by atoms with E-state index >= 15 is 0 Å². The highest BCUT2D eigenvalue weighted by molar-refractivity contribution is 7.22. The second-order valence-corrected chi connectivity index (χ2v) is 8.67. The van der Waals surface area contributed by atoms with E-state index in [0.717, 1.165) is 54.4 Å². The van der Waals surface area contributed by atoms with Crippen LogP contribution in [0, 0.1) is 20.8 Å². The average molecular weight is 434 g/mol. The maximum atomic E-state index is 13.4. The summed E-state index contributed by atoms with van der Waals surface area (Å²) in [5.74, 6) is 1.27. The minimum absolute atomic E-state index is 0.0876. The fraction of sp³-hybridized carbons (Fsp3) is 0.429. The first-order chi connectivity index (χ1) is 13.9. The van der Waals surface area contributed by atoms with Crippen LogP contribution in [0.25, 0.3) is 10.2 Å². The van der Waals surface area contributed by atoms with E-state index in [4.69, 9.17) is 25.7 Å². The van der Waals surface area contributed by atoms with Crippen molar-refractivity contribution >= 4 is 44.2 Å². The van der Waals surface area contributed by atoms with Gasteiger partial charge in [-0.15, -0.1) is 0 Å². The summed E-state index contributed by atoms with van der Waals surface area (Å²) in [5, 5.41) is 1.36. The number of amides is 1. The van der Waals surface area contributed by atoms with Gasteiger partial charge in [-0.3, -0.25) is 14.6 Å². The Balaban J connectivity index is 1.68. The van der Waals surface area contributed by atoms with Crippen LogP contribution >= 0.6 is 22.9 Å². The molecule has 1 aromatic carbocycles. The van der Waals surface area contributed by atoms with Crippen LogP contribution < -0.4 is 4.90 Å². The summed E-state index contributed by atoms with van der Waals surface area (Å²) in [6.45, 7) is 10.2. The van der Waals surface area contributed by atoms with E-state index in [1.165, 1.54) is 11.3 Å². The van der Waals surface area contributed by atoms with Gasteiger partial charge in [0.05, 0.1) is 29.0 Å². The molecule has 4 rings (SSSR count). The van der Waals surface area contributed by atoms with Crippen LogP contribution in [0.4, 0.5) is 5.13 Å². The molecular formula is C21H24ClN3O3S. The highest BCUT2D eigenvalue weighted by atomic mass is 35.5. The number of hydrogen-bond donors (Lipinski definition) is 0. The number of hydrogen-bond acceptors (Lipinski definition) is 6. The molecule has 0 bridgehead atoms. The van der Waals surface area contributed by atoms with Gasteiger partial charge in [0.15, 0.2) is 5.13 Å². The second-order valence-electron chi connectivity index (χ2n) is 7.25. The minimum Gasteiger partial charge on any atom is -0.466 e. The topological polar surface area (TPSA) is 58.8 Å². The number of thiazole rings is 1. The number of aryl methyl sites for hydroxylation is 3. The number of fused-ring (bicyclic) bond motifs is 1. The molecule has 0 spiro atoms. The number of benzene rings is 1. The number of rotatable bonds is 5. The Hall–Kier alpha value is -1.93. The molecule has 0 atom stereocenters. The zero-order valence-corrected chi connectivity index (χ0v) is 18.4. The summed E-state index contributed by atoms with van der Waals surface area (Å²) in [6.07, 6.45) is 0. The van der Waals surface area contributed by atoms with Crippen molar-refractivity contribution in [2.45, 2.75) is 20.8 Å². The molecule has 29 heavy (non-hydrogen) atoms. The van der Waals surface area contributed by atoms with Gasteiger partial charge in [0.1, 0.15) is 11.5 Å². The number of furan rings is 1. The Morgan fingerprint density at radius 1 is 1.28 bits per heavy atom. The third kappa shape index (κ3) is 4.19. The summed E-state index contributed by atoms with van der Waals surface area (Å²) >= 11 is 7.79. The number of anilines is 1. The van der Waals surface area contributed by atoms with Crippen LogP contribution in [0.15, 0.2) is 22.6 Å².